The van der Waals surface area contributed by atoms with Crippen molar-refractivity contribution in [2.24, 2.45) is 22.7 Å². The molecule has 2 heterocycles. The van der Waals surface area contributed by atoms with E-state index in [0.717, 1.165) is 16.7 Å². The van der Waals surface area contributed by atoms with Crippen LogP contribution in [-0.2, 0) is 28.6 Å². The van der Waals surface area contributed by atoms with E-state index < -0.39 is 52.4 Å². The van der Waals surface area contributed by atoms with Gasteiger partial charge in [0, 0.05) is 29.6 Å². The van der Waals surface area contributed by atoms with Crippen molar-refractivity contribution in [3.63, 3.8) is 0 Å². The van der Waals surface area contributed by atoms with Gasteiger partial charge in [0.1, 0.15) is 12.2 Å². The van der Waals surface area contributed by atoms with Crippen LogP contribution in [0.2, 0.25) is 0 Å². The van der Waals surface area contributed by atoms with Crippen LogP contribution in [0.4, 0.5) is 0 Å². The maximum Gasteiger partial charge on any atom is 0.305 e. The zero-order valence-electron chi connectivity index (χ0n) is 21.6. The van der Waals surface area contributed by atoms with E-state index in [9.17, 15) is 19.5 Å². The van der Waals surface area contributed by atoms with Crippen LogP contribution in [0.15, 0.2) is 46.3 Å². The molecular formula is C28H34O8. The first-order valence-corrected chi connectivity index (χ1v) is 12.5. The predicted molar refractivity (Wildman–Crippen MR) is 128 cm³/mol. The quantitative estimate of drug-likeness (QED) is 0.496. The Labute approximate surface area is 210 Å². The molecule has 194 valence electrons. The van der Waals surface area contributed by atoms with Gasteiger partial charge in [-0.3, -0.25) is 14.4 Å². The molecule has 2 fully saturated rings. The Morgan fingerprint density at radius 2 is 1.94 bits per heavy atom. The first-order valence-electron chi connectivity index (χ1n) is 12.5. The smallest absolute Gasteiger partial charge is 0.305 e. The van der Waals surface area contributed by atoms with Gasteiger partial charge in [0.2, 0.25) is 0 Å². The van der Waals surface area contributed by atoms with Gasteiger partial charge in [0.15, 0.2) is 5.78 Å². The van der Waals surface area contributed by atoms with Crippen LogP contribution in [-0.4, -0.2) is 53.9 Å². The van der Waals surface area contributed by atoms with Gasteiger partial charge in [0.05, 0.1) is 37.8 Å². The minimum Gasteiger partial charge on any atom is -0.472 e. The molecular weight excluding hydrogens is 464 g/mol. The average molecular weight is 499 g/mol. The molecule has 1 aromatic rings. The molecule has 8 nitrogen and oxygen atoms in total. The van der Waals surface area contributed by atoms with Crippen molar-refractivity contribution in [3.8, 4) is 0 Å². The van der Waals surface area contributed by atoms with Crippen molar-refractivity contribution >= 4 is 17.7 Å². The van der Waals surface area contributed by atoms with Crippen LogP contribution in [0.25, 0.3) is 0 Å². The number of furan rings is 1. The van der Waals surface area contributed by atoms with Crippen molar-refractivity contribution in [1.29, 1.82) is 0 Å². The van der Waals surface area contributed by atoms with Gasteiger partial charge in [-0.05, 0) is 55.5 Å². The summed E-state index contributed by atoms with van der Waals surface area (Å²) in [7, 11) is 1.33. The molecule has 9 atom stereocenters. The van der Waals surface area contributed by atoms with Gasteiger partial charge < -0.3 is 23.7 Å². The van der Waals surface area contributed by atoms with Crippen LogP contribution in [0.5, 0.6) is 0 Å². The normalized spacial score (nSPS) is 43.1. The Morgan fingerprint density at radius 1 is 1.22 bits per heavy atom. The molecule has 1 saturated heterocycles. The third-order valence-corrected chi connectivity index (χ3v) is 9.50. The van der Waals surface area contributed by atoms with Crippen LogP contribution < -0.4 is 0 Å². The molecule has 1 saturated carbocycles. The number of aliphatic hydroxyl groups is 1. The number of carbonyl (C=O) groups excluding carboxylic acids is 3. The molecule has 0 radical (unpaired) electrons. The lowest BCUT2D eigenvalue weighted by atomic mass is 9.43. The molecule has 1 aromatic heterocycles. The highest BCUT2D eigenvalue weighted by Gasteiger charge is 2.74. The second kappa shape index (κ2) is 8.15. The van der Waals surface area contributed by atoms with Crippen LogP contribution >= 0.6 is 0 Å². The van der Waals surface area contributed by atoms with Gasteiger partial charge in [0.25, 0.3) is 0 Å². The van der Waals surface area contributed by atoms with Crippen molar-refractivity contribution in [2.75, 3.05) is 7.11 Å². The second-order valence-electron chi connectivity index (χ2n) is 11.4. The first-order chi connectivity index (χ1) is 16.9. The fourth-order valence-corrected chi connectivity index (χ4v) is 8.12. The lowest BCUT2D eigenvalue weighted by Crippen LogP contribution is -2.70. The van der Waals surface area contributed by atoms with Crippen LogP contribution in [0, 0.1) is 22.7 Å². The van der Waals surface area contributed by atoms with Crippen molar-refractivity contribution in [1.82, 2.24) is 0 Å². The topological polar surface area (TPSA) is 112 Å². The van der Waals surface area contributed by atoms with Gasteiger partial charge in [-0.1, -0.05) is 19.4 Å². The lowest BCUT2D eigenvalue weighted by Gasteiger charge is -2.62. The second-order valence-corrected chi connectivity index (χ2v) is 11.4. The highest BCUT2D eigenvalue weighted by atomic mass is 16.6. The summed E-state index contributed by atoms with van der Waals surface area (Å²) in [5.41, 5.74) is -0.344. The van der Waals surface area contributed by atoms with Crippen molar-refractivity contribution < 1.29 is 38.1 Å². The predicted octanol–water partition coefficient (Wildman–Crippen LogP) is 3.49. The highest BCUT2D eigenvalue weighted by Crippen LogP contribution is 2.69. The molecule has 3 unspecified atom stereocenters. The van der Waals surface area contributed by atoms with Gasteiger partial charge in [-0.2, -0.15) is 0 Å². The SMILES string of the molecule is COC(=O)C[C@H]1[C@]2(C)C3=C(C)[C@H](c4ccoc4)CC3O[C@@H]2[C@H](OC(C)=O)C2C(C)(O)C=CC(=O)[C@@]21C. The zero-order chi connectivity index (χ0) is 26.2. The molecule has 0 bridgehead atoms. The zero-order valence-corrected chi connectivity index (χ0v) is 21.6. The molecule has 4 aliphatic rings. The summed E-state index contributed by atoms with van der Waals surface area (Å²) < 4.78 is 23.0. The summed E-state index contributed by atoms with van der Waals surface area (Å²) in [5, 5.41) is 11.5. The minimum atomic E-state index is -1.47. The maximum absolute atomic E-state index is 13.7. The largest absolute Gasteiger partial charge is 0.472 e. The number of rotatable bonds is 4. The number of esters is 2. The lowest BCUT2D eigenvalue weighted by molar-refractivity contribution is -0.232. The summed E-state index contributed by atoms with van der Waals surface area (Å²) >= 11 is 0. The van der Waals surface area contributed by atoms with E-state index in [0.29, 0.717) is 6.42 Å². The fraction of sp³-hybridized carbons (Fsp3) is 0.607. The number of methoxy groups -OCH3 is 1. The molecule has 1 N–H and O–H groups in total. The molecule has 3 aliphatic carbocycles. The van der Waals surface area contributed by atoms with Crippen molar-refractivity contribution in [3.05, 3.63) is 47.5 Å². The van der Waals surface area contributed by atoms with E-state index in [1.54, 1.807) is 26.4 Å². The molecule has 5 rings (SSSR count). The Kier molecular flexibility index (Phi) is 5.65. The monoisotopic (exact) mass is 498 g/mol. The highest BCUT2D eigenvalue weighted by molar-refractivity contribution is 5.97. The van der Waals surface area contributed by atoms with E-state index in [1.807, 2.05) is 13.0 Å². The average Bonchev–Trinajstić information content (AvgIpc) is 3.50. The van der Waals surface area contributed by atoms with Crippen LogP contribution in [0.1, 0.15) is 58.9 Å². The molecule has 0 spiro atoms. The summed E-state index contributed by atoms with van der Waals surface area (Å²) in [6, 6.07) is 1.94. The molecule has 0 aromatic carbocycles. The van der Waals surface area contributed by atoms with Crippen LogP contribution in [0.3, 0.4) is 0 Å². The van der Waals surface area contributed by atoms with E-state index >= 15 is 0 Å². The minimum absolute atomic E-state index is 0.0395. The molecule has 8 heteroatoms. The first kappa shape index (κ1) is 25.0. The van der Waals surface area contributed by atoms with E-state index in [2.05, 4.69) is 6.92 Å². The van der Waals surface area contributed by atoms with Gasteiger partial charge in [-0.15, -0.1) is 0 Å². The summed E-state index contributed by atoms with van der Waals surface area (Å²) in [4.78, 5) is 38.9. The third-order valence-electron chi connectivity index (χ3n) is 9.50. The number of hydrogen-bond donors (Lipinski definition) is 1. The van der Waals surface area contributed by atoms with Crippen molar-refractivity contribution in [2.45, 2.75) is 77.3 Å². The number of ketones is 1. The maximum atomic E-state index is 13.7. The number of hydrogen-bond acceptors (Lipinski definition) is 8. The summed E-state index contributed by atoms with van der Waals surface area (Å²) in [6.45, 7) is 8.80. The van der Waals surface area contributed by atoms with E-state index in [4.69, 9.17) is 18.6 Å². The summed E-state index contributed by atoms with van der Waals surface area (Å²) in [5.74, 6) is -2.49. The molecule has 0 amide bonds. The molecule has 36 heavy (non-hydrogen) atoms. The number of ether oxygens (including phenoxy) is 3. The summed E-state index contributed by atoms with van der Waals surface area (Å²) in [6.07, 6.45) is 5.04. The van der Waals surface area contributed by atoms with E-state index in [1.165, 1.54) is 26.2 Å². The number of allylic oxidation sites excluding steroid dienone is 2. The Hall–Kier alpha value is -2.71. The fourth-order valence-electron chi connectivity index (χ4n) is 8.12. The van der Waals surface area contributed by atoms with E-state index in [-0.39, 0.29) is 24.2 Å². The Balaban J connectivity index is 1.75. The standard InChI is InChI=1S/C28H34O8/c1-14-17(16-8-10-34-13-16)11-18-22(14)28(5)19(12-21(31)33-6)27(4)20(30)7-9-26(3,32)24(27)23(25(28)36-18)35-15(2)29/h7-10,13,17-19,23-25,32H,11-12H2,1-6H3/t17-,18?,19-,23-,24?,25-,26?,27+,28-/m1/s1. The third kappa shape index (κ3) is 3.23. The number of fused-ring (bicyclic) bond motifs is 4. The number of carbonyl (C=O) groups is 3. The van der Waals surface area contributed by atoms with Gasteiger partial charge in [-0.25, -0.2) is 0 Å². The van der Waals surface area contributed by atoms with Gasteiger partial charge >= 0.3 is 11.9 Å². The Morgan fingerprint density at radius 3 is 2.56 bits per heavy atom. The molecule has 1 aliphatic heterocycles. The Bertz CT molecular complexity index is 1160.